The van der Waals surface area contributed by atoms with Gasteiger partial charge in [-0.25, -0.2) is 9.78 Å². The molecule has 1 N–H and O–H groups in total. The van der Waals surface area contributed by atoms with Crippen molar-refractivity contribution in [3.63, 3.8) is 0 Å². The number of nitro groups is 1. The number of unbranched alkanes of at least 4 members (excludes halogenated alkanes) is 1. The van der Waals surface area contributed by atoms with Gasteiger partial charge in [0.25, 0.3) is 5.56 Å². The molecule has 11 nitrogen and oxygen atoms in total. The van der Waals surface area contributed by atoms with E-state index in [1.54, 1.807) is 37.3 Å². The van der Waals surface area contributed by atoms with Gasteiger partial charge in [-0.1, -0.05) is 41.4 Å². The average molecular weight is 623 g/mol. The Balaban J connectivity index is 1.73. The zero-order chi connectivity index (χ0) is 29.5. The molecule has 3 aromatic carbocycles. The average Bonchev–Trinajstić information content (AvgIpc) is 2.95. The molecular weight excluding hydrogens is 596 g/mol. The van der Waals surface area contributed by atoms with Crippen molar-refractivity contribution in [2.45, 2.75) is 39.7 Å². The minimum Gasteiger partial charge on any atom is -0.490 e. The molecule has 4 aromatic rings. The molecule has 0 aliphatic heterocycles. The molecule has 0 aliphatic carbocycles. The lowest BCUT2D eigenvalue weighted by Gasteiger charge is -2.13. The van der Waals surface area contributed by atoms with Crippen LogP contribution < -0.4 is 15.0 Å². The molecule has 0 fully saturated rings. The molecule has 0 amide bonds. The van der Waals surface area contributed by atoms with Crippen LogP contribution in [-0.4, -0.2) is 38.5 Å². The highest BCUT2D eigenvalue weighted by Gasteiger charge is 2.23. The molecule has 0 atom stereocenters. The van der Waals surface area contributed by atoms with Crippen LogP contribution >= 0.6 is 15.9 Å². The SMILES string of the molecule is CCCCc1nc2ccc(Br)cc2c(=O)n1N=Cc1cc(OCC)c(OCc2ccc(C(=O)O)cc2)c([N+](=O)[O-])c1. The van der Waals surface area contributed by atoms with E-state index in [1.165, 1.54) is 29.1 Å². The zero-order valence-corrected chi connectivity index (χ0v) is 24.0. The summed E-state index contributed by atoms with van der Waals surface area (Å²) in [5.41, 5.74) is 0.909. The van der Waals surface area contributed by atoms with Crippen LogP contribution in [0.2, 0.25) is 0 Å². The van der Waals surface area contributed by atoms with Crippen LogP contribution in [-0.2, 0) is 13.0 Å². The standard InChI is InChI=1S/C29H27BrN4O7/c1-3-5-6-26-32-23-12-11-21(30)15-22(23)28(35)33(26)31-16-19-13-24(34(38)39)27(25(14-19)40-4-2)41-17-18-7-9-20(10-8-18)29(36)37/h7-16H,3-6,17H2,1-2H3,(H,36,37). The van der Waals surface area contributed by atoms with E-state index in [0.29, 0.717) is 34.3 Å². The van der Waals surface area contributed by atoms with Gasteiger partial charge in [0, 0.05) is 22.5 Å². The van der Waals surface area contributed by atoms with E-state index in [4.69, 9.17) is 14.6 Å². The summed E-state index contributed by atoms with van der Waals surface area (Å²) >= 11 is 3.39. The first-order valence-electron chi connectivity index (χ1n) is 12.9. The van der Waals surface area contributed by atoms with Gasteiger partial charge in [0.05, 0.1) is 34.2 Å². The van der Waals surface area contributed by atoms with Crippen LogP contribution in [0.4, 0.5) is 5.69 Å². The fourth-order valence-electron chi connectivity index (χ4n) is 4.06. The topological polar surface area (TPSA) is 146 Å². The van der Waals surface area contributed by atoms with Crippen LogP contribution in [0, 0.1) is 10.1 Å². The van der Waals surface area contributed by atoms with E-state index in [0.717, 1.165) is 17.3 Å². The van der Waals surface area contributed by atoms with Crippen molar-refractivity contribution in [3.8, 4) is 11.5 Å². The second-order valence-electron chi connectivity index (χ2n) is 9.00. The van der Waals surface area contributed by atoms with Crippen LogP contribution in [0.25, 0.3) is 10.9 Å². The first-order valence-corrected chi connectivity index (χ1v) is 13.7. The maximum absolute atomic E-state index is 13.4. The summed E-state index contributed by atoms with van der Waals surface area (Å²) in [6.07, 6.45) is 3.58. The molecule has 0 saturated heterocycles. The molecular formula is C29H27BrN4O7. The zero-order valence-electron chi connectivity index (χ0n) is 22.4. The van der Waals surface area contributed by atoms with Gasteiger partial charge in [0.1, 0.15) is 12.4 Å². The summed E-state index contributed by atoms with van der Waals surface area (Å²) in [5.74, 6) is -0.522. The monoisotopic (exact) mass is 622 g/mol. The molecule has 1 aromatic heterocycles. The van der Waals surface area contributed by atoms with E-state index in [1.807, 2.05) is 13.0 Å². The Labute approximate surface area is 243 Å². The molecule has 1 heterocycles. The summed E-state index contributed by atoms with van der Waals surface area (Å²) in [6.45, 7) is 3.93. The number of carbonyl (C=O) groups is 1. The van der Waals surface area contributed by atoms with Crippen molar-refractivity contribution in [2.75, 3.05) is 6.61 Å². The smallest absolute Gasteiger partial charge is 0.335 e. The lowest BCUT2D eigenvalue weighted by Crippen LogP contribution is -2.22. The van der Waals surface area contributed by atoms with Gasteiger partial charge in [0.15, 0.2) is 5.75 Å². The number of benzene rings is 3. The molecule has 4 rings (SSSR count). The number of carboxylic acids is 1. The molecule has 12 heteroatoms. The van der Waals surface area contributed by atoms with Gasteiger partial charge < -0.3 is 14.6 Å². The number of rotatable bonds is 12. The molecule has 0 spiro atoms. The Morgan fingerprint density at radius 1 is 1.15 bits per heavy atom. The Kier molecular flexibility index (Phi) is 9.45. The Morgan fingerprint density at radius 2 is 1.90 bits per heavy atom. The lowest BCUT2D eigenvalue weighted by atomic mass is 10.1. The summed E-state index contributed by atoms with van der Waals surface area (Å²) in [7, 11) is 0. The fourth-order valence-corrected chi connectivity index (χ4v) is 4.42. The van der Waals surface area contributed by atoms with E-state index in [9.17, 15) is 19.7 Å². The highest BCUT2D eigenvalue weighted by molar-refractivity contribution is 9.10. The molecule has 0 saturated carbocycles. The fraction of sp³-hybridized carbons (Fsp3) is 0.241. The van der Waals surface area contributed by atoms with E-state index >= 15 is 0 Å². The summed E-state index contributed by atoms with van der Waals surface area (Å²) in [6, 6.07) is 14.1. The van der Waals surface area contributed by atoms with Gasteiger partial charge in [-0.2, -0.15) is 9.78 Å². The van der Waals surface area contributed by atoms with Crippen molar-refractivity contribution >= 4 is 44.7 Å². The first kappa shape index (κ1) is 29.4. The number of fused-ring (bicyclic) bond motifs is 1. The minimum atomic E-state index is -1.06. The normalized spacial score (nSPS) is 11.2. The first-order chi connectivity index (χ1) is 19.7. The summed E-state index contributed by atoms with van der Waals surface area (Å²) in [4.78, 5) is 40.6. The van der Waals surface area contributed by atoms with Crippen LogP contribution in [0.5, 0.6) is 11.5 Å². The van der Waals surface area contributed by atoms with E-state index in [2.05, 4.69) is 26.0 Å². The van der Waals surface area contributed by atoms with Crippen molar-refractivity contribution in [2.24, 2.45) is 5.10 Å². The molecule has 0 radical (unpaired) electrons. The van der Waals surface area contributed by atoms with Gasteiger partial charge in [-0.15, -0.1) is 0 Å². The van der Waals surface area contributed by atoms with Gasteiger partial charge in [0.2, 0.25) is 5.75 Å². The molecule has 212 valence electrons. The van der Waals surface area contributed by atoms with Crippen LogP contribution in [0.3, 0.4) is 0 Å². The van der Waals surface area contributed by atoms with Crippen molar-refractivity contribution in [1.29, 1.82) is 0 Å². The van der Waals surface area contributed by atoms with Crippen LogP contribution in [0.1, 0.15) is 54.0 Å². The van der Waals surface area contributed by atoms with Crippen molar-refractivity contribution in [3.05, 3.63) is 102 Å². The molecule has 41 heavy (non-hydrogen) atoms. The number of aromatic carboxylic acids is 1. The summed E-state index contributed by atoms with van der Waals surface area (Å²) < 4.78 is 13.4. The number of carboxylic acid groups (broad SMARTS) is 1. The highest BCUT2D eigenvalue weighted by atomic mass is 79.9. The minimum absolute atomic E-state index is 0.0528. The number of hydrogen-bond acceptors (Lipinski definition) is 8. The number of aryl methyl sites for hydroxylation is 1. The lowest BCUT2D eigenvalue weighted by molar-refractivity contribution is -0.386. The number of ether oxygens (including phenoxy) is 2. The Morgan fingerprint density at radius 3 is 2.56 bits per heavy atom. The van der Waals surface area contributed by atoms with Gasteiger partial charge >= 0.3 is 11.7 Å². The van der Waals surface area contributed by atoms with Gasteiger partial charge in [-0.05, 0) is 55.3 Å². The third kappa shape index (κ3) is 6.95. The third-order valence-electron chi connectivity index (χ3n) is 6.09. The summed E-state index contributed by atoms with van der Waals surface area (Å²) in [5, 5.41) is 25.9. The maximum atomic E-state index is 13.4. The number of hydrogen-bond donors (Lipinski definition) is 1. The Hall–Kier alpha value is -4.58. The molecule has 0 unspecified atom stereocenters. The van der Waals surface area contributed by atoms with E-state index in [-0.39, 0.29) is 41.5 Å². The number of aromatic nitrogens is 2. The van der Waals surface area contributed by atoms with E-state index < -0.39 is 10.9 Å². The number of halogens is 1. The van der Waals surface area contributed by atoms with Crippen LogP contribution in [0.15, 0.2) is 69.0 Å². The van der Waals surface area contributed by atoms with Crippen molar-refractivity contribution in [1.82, 2.24) is 9.66 Å². The Bertz CT molecular complexity index is 1680. The second-order valence-corrected chi connectivity index (χ2v) is 9.92. The maximum Gasteiger partial charge on any atom is 0.335 e. The van der Waals surface area contributed by atoms with Gasteiger partial charge in [-0.3, -0.25) is 14.9 Å². The highest BCUT2D eigenvalue weighted by Crippen LogP contribution is 2.39. The molecule has 0 aliphatic rings. The third-order valence-corrected chi connectivity index (χ3v) is 6.58. The number of nitrogens with zero attached hydrogens (tertiary/aromatic N) is 4. The predicted molar refractivity (Wildman–Crippen MR) is 157 cm³/mol. The molecule has 0 bridgehead atoms. The number of nitro benzene ring substituents is 1. The quantitative estimate of drug-likeness (QED) is 0.115. The van der Waals surface area contributed by atoms with Crippen molar-refractivity contribution < 1.29 is 24.3 Å². The predicted octanol–water partition coefficient (Wildman–Crippen LogP) is 5.97. The largest absolute Gasteiger partial charge is 0.490 e. The second kappa shape index (κ2) is 13.2.